The molecule has 0 spiro atoms. The summed E-state index contributed by atoms with van der Waals surface area (Å²) in [4.78, 5) is 5.23. The summed E-state index contributed by atoms with van der Waals surface area (Å²) >= 11 is 0. The van der Waals surface area contributed by atoms with E-state index in [-0.39, 0.29) is 0 Å². The molecular weight excluding hydrogens is 222 g/mol. The summed E-state index contributed by atoms with van der Waals surface area (Å²) in [6, 6.07) is 7.66. The van der Waals surface area contributed by atoms with Gasteiger partial charge in [0.25, 0.3) is 0 Å². The van der Waals surface area contributed by atoms with Crippen molar-refractivity contribution in [2.45, 2.75) is 38.8 Å². The number of nitrogens with zero attached hydrogens (tertiary/aromatic N) is 2. The van der Waals surface area contributed by atoms with Gasteiger partial charge in [0, 0.05) is 36.5 Å². The van der Waals surface area contributed by atoms with E-state index < -0.39 is 0 Å². The summed E-state index contributed by atoms with van der Waals surface area (Å²) in [5.74, 6) is 0. The van der Waals surface area contributed by atoms with Gasteiger partial charge in [0.05, 0.1) is 0 Å². The Morgan fingerprint density at radius 2 is 2.11 bits per heavy atom. The van der Waals surface area contributed by atoms with Gasteiger partial charge in [0.15, 0.2) is 0 Å². The van der Waals surface area contributed by atoms with Gasteiger partial charge in [-0.2, -0.15) is 0 Å². The third-order valence-corrected chi connectivity index (χ3v) is 4.47. The lowest BCUT2D eigenvalue weighted by Gasteiger charge is -2.44. The first kappa shape index (κ1) is 11.8. The van der Waals surface area contributed by atoms with Crippen LogP contribution in [0.2, 0.25) is 0 Å². The maximum absolute atomic E-state index is 5.85. The number of aryl methyl sites for hydroxylation is 1. The van der Waals surface area contributed by atoms with Crippen molar-refractivity contribution in [3.8, 4) is 0 Å². The van der Waals surface area contributed by atoms with Gasteiger partial charge in [-0.3, -0.25) is 4.90 Å². The van der Waals surface area contributed by atoms with Crippen LogP contribution in [-0.2, 0) is 0 Å². The largest absolute Gasteiger partial charge is 0.399 e. The summed E-state index contributed by atoms with van der Waals surface area (Å²) in [6.07, 6.45) is 2.73. The van der Waals surface area contributed by atoms with Gasteiger partial charge in [-0.15, -0.1) is 0 Å². The Kier molecular flexibility index (Phi) is 2.94. The molecule has 3 nitrogen and oxygen atoms in total. The average molecular weight is 245 g/mol. The van der Waals surface area contributed by atoms with Crippen molar-refractivity contribution >= 4 is 11.4 Å². The predicted octanol–water partition coefficient (Wildman–Crippen LogP) is 2.25. The van der Waals surface area contributed by atoms with E-state index in [9.17, 15) is 0 Å². The van der Waals surface area contributed by atoms with Gasteiger partial charge in [-0.05, 0) is 57.0 Å². The van der Waals surface area contributed by atoms with E-state index in [4.69, 9.17) is 5.73 Å². The highest BCUT2D eigenvalue weighted by molar-refractivity contribution is 5.60. The Morgan fingerprint density at radius 3 is 2.89 bits per heavy atom. The molecule has 0 aromatic heterocycles. The zero-order chi connectivity index (χ0) is 12.7. The Morgan fingerprint density at radius 1 is 1.28 bits per heavy atom. The van der Waals surface area contributed by atoms with Crippen LogP contribution in [0.5, 0.6) is 0 Å². The molecule has 1 aromatic rings. The standard InChI is InChI=1S/C15H23N3/c1-11-8-13(16)5-6-15(11)18-10-14-4-3-7-17(14)9-12(18)2/h5-6,8,12,14H,3-4,7,9-10,16H2,1-2H3. The number of piperazine rings is 1. The zero-order valence-corrected chi connectivity index (χ0v) is 11.4. The monoisotopic (exact) mass is 245 g/mol. The molecule has 1 aromatic carbocycles. The summed E-state index contributed by atoms with van der Waals surface area (Å²) < 4.78 is 0. The van der Waals surface area contributed by atoms with Gasteiger partial charge >= 0.3 is 0 Å². The van der Waals surface area contributed by atoms with Crippen LogP contribution in [0, 0.1) is 6.92 Å². The Hall–Kier alpha value is -1.22. The van der Waals surface area contributed by atoms with Crippen LogP contribution in [-0.4, -0.2) is 36.6 Å². The van der Waals surface area contributed by atoms with Crippen molar-refractivity contribution in [2.75, 3.05) is 30.3 Å². The number of benzene rings is 1. The lowest BCUT2D eigenvalue weighted by Crippen LogP contribution is -2.55. The highest BCUT2D eigenvalue weighted by atomic mass is 15.3. The Balaban J connectivity index is 1.86. The minimum Gasteiger partial charge on any atom is -0.399 e. The van der Waals surface area contributed by atoms with Crippen molar-refractivity contribution in [1.29, 1.82) is 0 Å². The third kappa shape index (κ3) is 1.97. The number of hydrogen-bond donors (Lipinski definition) is 1. The normalized spacial score (nSPS) is 28.4. The first-order valence-electron chi connectivity index (χ1n) is 7.02. The van der Waals surface area contributed by atoms with E-state index in [1.54, 1.807) is 0 Å². The second-order valence-corrected chi connectivity index (χ2v) is 5.84. The van der Waals surface area contributed by atoms with Crippen molar-refractivity contribution in [3.63, 3.8) is 0 Å². The van der Waals surface area contributed by atoms with E-state index in [0.29, 0.717) is 6.04 Å². The van der Waals surface area contributed by atoms with Crippen LogP contribution < -0.4 is 10.6 Å². The van der Waals surface area contributed by atoms with E-state index >= 15 is 0 Å². The second-order valence-electron chi connectivity index (χ2n) is 5.84. The van der Waals surface area contributed by atoms with E-state index in [1.807, 2.05) is 6.07 Å². The molecule has 2 fully saturated rings. The molecule has 3 rings (SSSR count). The van der Waals surface area contributed by atoms with E-state index in [0.717, 1.165) is 11.7 Å². The summed E-state index contributed by atoms with van der Waals surface area (Å²) in [5.41, 5.74) is 9.38. The maximum atomic E-state index is 5.85. The first-order valence-corrected chi connectivity index (χ1v) is 7.02. The van der Waals surface area contributed by atoms with Gasteiger partial charge < -0.3 is 10.6 Å². The lowest BCUT2D eigenvalue weighted by atomic mass is 10.0. The van der Waals surface area contributed by atoms with Crippen LogP contribution in [0.4, 0.5) is 11.4 Å². The zero-order valence-electron chi connectivity index (χ0n) is 11.4. The average Bonchev–Trinajstić information content (AvgIpc) is 2.75. The number of fused-ring (bicyclic) bond motifs is 1. The molecule has 2 saturated heterocycles. The highest BCUT2D eigenvalue weighted by Crippen LogP contribution is 2.31. The molecular formula is C15H23N3. The van der Waals surface area contributed by atoms with Crippen LogP contribution in [0.25, 0.3) is 0 Å². The number of nitrogens with two attached hydrogens (primary N) is 1. The molecule has 3 heteroatoms. The quantitative estimate of drug-likeness (QED) is 0.770. The van der Waals surface area contributed by atoms with Crippen molar-refractivity contribution in [3.05, 3.63) is 23.8 Å². The van der Waals surface area contributed by atoms with Gasteiger partial charge in [0.2, 0.25) is 0 Å². The fraction of sp³-hybridized carbons (Fsp3) is 0.600. The topological polar surface area (TPSA) is 32.5 Å². The number of nitrogen functional groups attached to an aromatic ring is 1. The molecule has 0 aliphatic carbocycles. The fourth-order valence-corrected chi connectivity index (χ4v) is 3.52. The van der Waals surface area contributed by atoms with Crippen LogP contribution in [0.3, 0.4) is 0 Å². The summed E-state index contributed by atoms with van der Waals surface area (Å²) in [6.45, 7) is 8.17. The molecule has 0 radical (unpaired) electrons. The molecule has 2 N–H and O–H groups in total. The number of rotatable bonds is 1. The molecule has 2 heterocycles. The lowest BCUT2D eigenvalue weighted by molar-refractivity contribution is 0.203. The van der Waals surface area contributed by atoms with Crippen LogP contribution in [0.15, 0.2) is 18.2 Å². The molecule has 2 aliphatic rings. The Labute approximate surface area is 110 Å². The van der Waals surface area contributed by atoms with Crippen molar-refractivity contribution in [2.24, 2.45) is 0 Å². The maximum Gasteiger partial charge on any atom is 0.0400 e. The second kappa shape index (κ2) is 4.47. The molecule has 2 unspecified atom stereocenters. The highest BCUT2D eigenvalue weighted by Gasteiger charge is 2.34. The predicted molar refractivity (Wildman–Crippen MR) is 77.0 cm³/mol. The van der Waals surface area contributed by atoms with Gasteiger partial charge in [0.1, 0.15) is 0 Å². The van der Waals surface area contributed by atoms with Crippen LogP contribution >= 0.6 is 0 Å². The number of hydrogen-bond acceptors (Lipinski definition) is 3. The summed E-state index contributed by atoms with van der Waals surface area (Å²) in [7, 11) is 0. The summed E-state index contributed by atoms with van der Waals surface area (Å²) in [5, 5.41) is 0. The first-order chi connectivity index (χ1) is 8.65. The van der Waals surface area contributed by atoms with Crippen LogP contribution in [0.1, 0.15) is 25.3 Å². The number of anilines is 2. The molecule has 0 saturated carbocycles. The molecule has 98 valence electrons. The van der Waals surface area contributed by atoms with E-state index in [1.165, 1.54) is 43.7 Å². The van der Waals surface area contributed by atoms with Crippen molar-refractivity contribution < 1.29 is 0 Å². The third-order valence-electron chi connectivity index (χ3n) is 4.47. The SMILES string of the molecule is Cc1cc(N)ccc1N1CC2CCCN2CC1C. The minimum absolute atomic E-state index is 0.599. The smallest absolute Gasteiger partial charge is 0.0400 e. The Bertz CT molecular complexity index is 443. The molecule has 18 heavy (non-hydrogen) atoms. The van der Waals surface area contributed by atoms with E-state index in [2.05, 4.69) is 35.8 Å². The fourth-order valence-electron chi connectivity index (χ4n) is 3.52. The molecule has 0 bridgehead atoms. The minimum atomic E-state index is 0.599. The van der Waals surface area contributed by atoms with Crippen molar-refractivity contribution in [1.82, 2.24) is 4.90 Å². The van der Waals surface area contributed by atoms with Gasteiger partial charge in [-0.25, -0.2) is 0 Å². The van der Waals surface area contributed by atoms with Gasteiger partial charge in [-0.1, -0.05) is 0 Å². The molecule has 0 amide bonds. The molecule has 2 aliphatic heterocycles. The molecule has 2 atom stereocenters.